The first kappa shape index (κ1) is 14.4. The van der Waals surface area contributed by atoms with Gasteiger partial charge in [0.1, 0.15) is 18.0 Å². The Morgan fingerprint density at radius 1 is 1.50 bits per heavy atom. The first-order valence-electron chi connectivity index (χ1n) is 6.38. The smallest absolute Gasteiger partial charge is 0.329 e. The zero-order valence-electron chi connectivity index (χ0n) is 11.7. The van der Waals surface area contributed by atoms with Crippen LogP contribution in [0.3, 0.4) is 0 Å². The first-order chi connectivity index (χ1) is 9.31. The van der Waals surface area contributed by atoms with Crippen molar-refractivity contribution in [3.63, 3.8) is 0 Å². The lowest BCUT2D eigenvalue weighted by atomic mass is 9.96. The molecule has 0 aliphatic carbocycles. The second-order valence-electron chi connectivity index (χ2n) is 5.49. The summed E-state index contributed by atoms with van der Waals surface area (Å²) in [5.41, 5.74) is -0.606. The Morgan fingerprint density at radius 3 is 2.65 bits per heavy atom. The van der Waals surface area contributed by atoms with Gasteiger partial charge >= 0.3 is 5.97 Å². The molecule has 2 N–H and O–H groups in total. The maximum Gasteiger partial charge on any atom is 0.329 e. The first-order valence-corrected chi connectivity index (χ1v) is 6.38. The van der Waals surface area contributed by atoms with Crippen LogP contribution in [0.5, 0.6) is 0 Å². The maximum absolute atomic E-state index is 12.1. The predicted molar refractivity (Wildman–Crippen MR) is 68.4 cm³/mol. The highest BCUT2D eigenvalue weighted by Gasteiger charge is 2.43. The van der Waals surface area contributed by atoms with Crippen molar-refractivity contribution in [2.75, 3.05) is 19.7 Å². The molecule has 0 radical (unpaired) electrons. The molecule has 1 aromatic rings. The van der Waals surface area contributed by atoms with Crippen LogP contribution in [0.15, 0.2) is 0 Å². The molecule has 1 amide bonds. The van der Waals surface area contributed by atoms with Crippen LogP contribution in [-0.4, -0.2) is 62.4 Å². The highest BCUT2D eigenvalue weighted by molar-refractivity contribution is 5.91. The number of amides is 1. The Bertz CT molecular complexity index is 519. The van der Waals surface area contributed by atoms with Gasteiger partial charge in [-0.25, -0.2) is 9.78 Å². The molecular weight excluding hydrogens is 264 g/mol. The van der Waals surface area contributed by atoms with Crippen LogP contribution in [-0.2, 0) is 9.53 Å². The van der Waals surface area contributed by atoms with E-state index in [1.54, 1.807) is 6.92 Å². The number of carboxylic acid groups (broad SMARTS) is 1. The topological polar surface area (TPSA) is 108 Å². The molecule has 1 aliphatic rings. The molecule has 1 aromatic heterocycles. The lowest BCUT2D eigenvalue weighted by Gasteiger charge is -2.46. The number of aromatic amines is 1. The second kappa shape index (κ2) is 5.20. The van der Waals surface area contributed by atoms with Gasteiger partial charge in [0.2, 0.25) is 5.82 Å². The number of carboxylic acids is 1. The summed E-state index contributed by atoms with van der Waals surface area (Å²) in [5.74, 6) is -0.326. The van der Waals surface area contributed by atoms with E-state index in [-0.39, 0.29) is 24.3 Å². The molecule has 8 heteroatoms. The number of aromatic nitrogens is 3. The molecule has 2 rings (SSSR count). The number of ether oxygens (including phenoxy) is 1. The molecule has 0 aromatic carbocycles. The lowest BCUT2D eigenvalue weighted by molar-refractivity contribution is -0.160. The quantitative estimate of drug-likeness (QED) is 0.801. The van der Waals surface area contributed by atoms with Gasteiger partial charge in [-0.05, 0) is 6.92 Å². The molecule has 2 heterocycles. The summed E-state index contributed by atoms with van der Waals surface area (Å²) < 4.78 is 5.24. The van der Waals surface area contributed by atoms with E-state index in [2.05, 4.69) is 15.2 Å². The number of likely N-dealkylation sites (tertiary alicyclic amines) is 1. The van der Waals surface area contributed by atoms with Crippen LogP contribution < -0.4 is 0 Å². The van der Waals surface area contributed by atoms with E-state index >= 15 is 0 Å². The van der Waals surface area contributed by atoms with Gasteiger partial charge in [-0.15, -0.1) is 5.10 Å². The van der Waals surface area contributed by atoms with Crippen molar-refractivity contribution in [2.24, 2.45) is 0 Å². The molecule has 1 saturated heterocycles. The molecule has 0 unspecified atom stereocenters. The fraction of sp³-hybridized carbons (Fsp3) is 0.667. The summed E-state index contributed by atoms with van der Waals surface area (Å²) in [5, 5.41) is 15.2. The van der Waals surface area contributed by atoms with Gasteiger partial charge in [-0.2, -0.15) is 0 Å². The molecule has 0 spiro atoms. The van der Waals surface area contributed by atoms with Crippen molar-refractivity contribution < 1.29 is 19.4 Å². The van der Waals surface area contributed by atoms with Crippen molar-refractivity contribution in [1.82, 2.24) is 20.1 Å². The minimum atomic E-state index is -1.02. The zero-order valence-corrected chi connectivity index (χ0v) is 11.7. The van der Waals surface area contributed by atoms with Gasteiger partial charge in [0, 0.05) is 5.92 Å². The number of rotatable bonds is 5. The van der Waals surface area contributed by atoms with Crippen LogP contribution >= 0.6 is 0 Å². The van der Waals surface area contributed by atoms with Gasteiger partial charge in [0.15, 0.2) is 0 Å². The second-order valence-corrected chi connectivity index (χ2v) is 5.49. The summed E-state index contributed by atoms with van der Waals surface area (Å²) >= 11 is 0. The van der Waals surface area contributed by atoms with E-state index in [9.17, 15) is 9.59 Å². The average molecular weight is 282 g/mol. The monoisotopic (exact) mass is 282 g/mol. The van der Waals surface area contributed by atoms with Crippen LogP contribution in [0.2, 0.25) is 0 Å². The van der Waals surface area contributed by atoms with E-state index in [0.29, 0.717) is 18.9 Å². The number of hydrogen-bond acceptors (Lipinski definition) is 5. The fourth-order valence-corrected chi connectivity index (χ4v) is 2.00. The van der Waals surface area contributed by atoms with E-state index < -0.39 is 11.6 Å². The van der Waals surface area contributed by atoms with E-state index in [1.807, 2.05) is 13.8 Å². The third-order valence-electron chi connectivity index (χ3n) is 3.12. The number of carbonyl (C=O) groups is 2. The van der Waals surface area contributed by atoms with Crippen LogP contribution in [0.25, 0.3) is 0 Å². The standard InChI is InChI=1S/C12H18N4O4/c1-7(2)9-13-10(15-14-9)11(19)16-5-12(3,6-16)20-4-8(17)18/h7H,4-6H2,1-3H3,(H,17,18)(H,13,14,15). The Labute approximate surface area is 116 Å². The van der Waals surface area contributed by atoms with Gasteiger partial charge in [0.25, 0.3) is 5.91 Å². The van der Waals surface area contributed by atoms with Gasteiger partial charge in [-0.1, -0.05) is 13.8 Å². The van der Waals surface area contributed by atoms with Crippen molar-refractivity contribution in [3.05, 3.63) is 11.6 Å². The molecule has 20 heavy (non-hydrogen) atoms. The van der Waals surface area contributed by atoms with E-state index in [0.717, 1.165) is 0 Å². The summed E-state index contributed by atoms with van der Waals surface area (Å²) in [7, 11) is 0. The number of carbonyl (C=O) groups excluding carboxylic acids is 1. The molecule has 0 atom stereocenters. The number of hydrogen-bond donors (Lipinski definition) is 2. The SMILES string of the molecule is CC(C)c1nc(C(=O)N2CC(C)(OCC(=O)O)C2)n[nH]1. The zero-order chi connectivity index (χ0) is 14.9. The Balaban J connectivity index is 1.91. The van der Waals surface area contributed by atoms with Crippen LogP contribution in [0.1, 0.15) is 43.1 Å². The number of H-pyrrole nitrogens is 1. The van der Waals surface area contributed by atoms with Crippen molar-refractivity contribution in [1.29, 1.82) is 0 Å². The average Bonchev–Trinajstić information content (AvgIpc) is 2.81. The third kappa shape index (κ3) is 2.96. The van der Waals surface area contributed by atoms with Crippen molar-refractivity contribution in [2.45, 2.75) is 32.3 Å². The Hall–Kier alpha value is -1.96. The minimum Gasteiger partial charge on any atom is -0.480 e. The maximum atomic E-state index is 12.1. The largest absolute Gasteiger partial charge is 0.480 e. The summed E-state index contributed by atoms with van der Waals surface area (Å²) in [6, 6.07) is 0. The molecular formula is C12H18N4O4. The highest BCUT2D eigenvalue weighted by atomic mass is 16.5. The van der Waals surface area contributed by atoms with Crippen molar-refractivity contribution in [3.8, 4) is 0 Å². The summed E-state index contributed by atoms with van der Waals surface area (Å²) in [6.45, 7) is 5.99. The predicted octanol–water partition coefficient (Wildman–Crippen LogP) is 0.244. The molecule has 8 nitrogen and oxygen atoms in total. The molecule has 1 fully saturated rings. The van der Waals surface area contributed by atoms with Crippen LogP contribution in [0.4, 0.5) is 0 Å². The molecule has 110 valence electrons. The van der Waals surface area contributed by atoms with Gasteiger partial charge < -0.3 is 14.7 Å². The van der Waals surface area contributed by atoms with E-state index in [1.165, 1.54) is 4.90 Å². The number of nitrogens with zero attached hydrogens (tertiary/aromatic N) is 3. The molecule has 0 bridgehead atoms. The molecule has 0 saturated carbocycles. The van der Waals surface area contributed by atoms with Crippen LogP contribution in [0, 0.1) is 0 Å². The van der Waals surface area contributed by atoms with Crippen molar-refractivity contribution >= 4 is 11.9 Å². The molecule has 1 aliphatic heterocycles. The normalized spacial score (nSPS) is 17.1. The number of nitrogens with one attached hydrogen (secondary N) is 1. The lowest BCUT2D eigenvalue weighted by Crippen LogP contribution is -2.63. The highest BCUT2D eigenvalue weighted by Crippen LogP contribution is 2.25. The van der Waals surface area contributed by atoms with E-state index in [4.69, 9.17) is 9.84 Å². The Morgan fingerprint density at radius 2 is 2.15 bits per heavy atom. The third-order valence-corrected chi connectivity index (χ3v) is 3.12. The summed E-state index contributed by atoms with van der Waals surface area (Å²) in [6.07, 6.45) is 0. The Kier molecular flexibility index (Phi) is 3.76. The van der Waals surface area contributed by atoms with Gasteiger partial charge in [-0.3, -0.25) is 9.89 Å². The minimum absolute atomic E-state index is 0.133. The summed E-state index contributed by atoms with van der Waals surface area (Å²) in [4.78, 5) is 28.2. The van der Waals surface area contributed by atoms with Gasteiger partial charge in [0.05, 0.1) is 13.1 Å². The number of aliphatic carboxylic acids is 1. The fourth-order valence-electron chi connectivity index (χ4n) is 2.00.